The summed E-state index contributed by atoms with van der Waals surface area (Å²) >= 11 is 0. The predicted molar refractivity (Wildman–Crippen MR) is 103 cm³/mol. The highest BCUT2D eigenvalue weighted by molar-refractivity contribution is 5.95. The molecule has 0 aliphatic heterocycles. The summed E-state index contributed by atoms with van der Waals surface area (Å²) in [6, 6.07) is 4.72. The van der Waals surface area contributed by atoms with Gasteiger partial charge in [-0.2, -0.15) is 0 Å². The van der Waals surface area contributed by atoms with Gasteiger partial charge in [-0.25, -0.2) is 0 Å². The summed E-state index contributed by atoms with van der Waals surface area (Å²) in [5.74, 6) is 0.794. The Labute approximate surface area is 160 Å². The summed E-state index contributed by atoms with van der Waals surface area (Å²) < 4.78 is 10.8. The molecule has 146 valence electrons. The minimum Gasteiger partial charge on any atom is -0.493 e. The summed E-state index contributed by atoms with van der Waals surface area (Å²) in [5, 5.41) is 5.62. The number of nitrogens with one attached hydrogen (secondary N) is 2. The topological polar surface area (TPSA) is 103 Å². The Kier molecular flexibility index (Phi) is 8.68. The number of anilines is 1. The summed E-state index contributed by atoms with van der Waals surface area (Å²) in [7, 11) is 1.52. The number of methoxy groups -OCH3 is 1. The molecule has 1 saturated carbocycles. The van der Waals surface area contributed by atoms with Gasteiger partial charge in [0.2, 0.25) is 5.91 Å². The van der Waals surface area contributed by atoms with Crippen LogP contribution in [0.1, 0.15) is 33.1 Å². The average molecular weight is 386 g/mol. The van der Waals surface area contributed by atoms with Crippen molar-refractivity contribution in [3.05, 3.63) is 18.2 Å². The van der Waals surface area contributed by atoms with Gasteiger partial charge >= 0.3 is 0 Å². The molecule has 0 radical (unpaired) electrons. The van der Waals surface area contributed by atoms with Crippen molar-refractivity contribution in [2.24, 2.45) is 11.7 Å². The van der Waals surface area contributed by atoms with E-state index < -0.39 is 6.04 Å². The first kappa shape index (κ1) is 22.1. The fourth-order valence-electron chi connectivity index (χ4n) is 2.36. The van der Waals surface area contributed by atoms with Gasteiger partial charge in [-0.15, -0.1) is 12.4 Å². The van der Waals surface area contributed by atoms with Crippen molar-refractivity contribution in [1.82, 2.24) is 5.32 Å². The number of rotatable bonds is 9. The highest BCUT2D eigenvalue weighted by atomic mass is 35.5. The van der Waals surface area contributed by atoms with E-state index in [1.807, 2.05) is 13.8 Å². The van der Waals surface area contributed by atoms with Crippen molar-refractivity contribution in [2.45, 2.75) is 45.2 Å². The number of hydrogen-bond donors (Lipinski definition) is 3. The van der Waals surface area contributed by atoms with Crippen LogP contribution in [0.25, 0.3) is 0 Å². The quantitative estimate of drug-likeness (QED) is 0.604. The molecule has 1 aliphatic rings. The maximum Gasteiger partial charge on any atom is 0.258 e. The first-order chi connectivity index (χ1) is 11.9. The van der Waals surface area contributed by atoms with Gasteiger partial charge in [0.25, 0.3) is 5.91 Å². The molecule has 7 nitrogen and oxygen atoms in total. The van der Waals surface area contributed by atoms with E-state index in [2.05, 4.69) is 10.6 Å². The number of carbonyl (C=O) groups is 2. The zero-order chi connectivity index (χ0) is 18.4. The molecular formula is C18H28ClN3O4. The second-order valence-corrected chi connectivity index (χ2v) is 6.72. The van der Waals surface area contributed by atoms with Gasteiger partial charge in [-0.1, -0.05) is 13.8 Å². The molecule has 1 aromatic rings. The normalized spacial score (nSPS) is 14.2. The number of benzene rings is 1. The van der Waals surface area contributed by atoms with Crippen LogP contribution >= 0.6 is 12.4 Å². The number of ether oxygens (including phenoxy) is 2. The lowest BCUT2D eigenvalue weighted by Gasteiger charge is -2.16. The standard InChI is InChI=1S/C18H27N3O4.ClH/c1-11(2)8-14(19)18(23)21-13-6-7-15(24-3)16(9-13)25-10-17(22)20-12-4-5-12;/h6-7,9,11-12,14H,4-5,8,10,19H2,1-3H3,(H,20,22)(H,21,23);1H/t14-;/m0./s1. The first-order valence-corrected chi connectivity index (χ1v) is 8.55. The number of halogens is 1. The van der Waals surface area contributed by atoms with Crippen molar-refractivity contribution in [3.8, 4) is 11.5 Å². The number of amides is 2. The van der Waals surface area contributed by atoms with Crippen LogP contribution in [0.3, 0.4) is 0 Å². The third kappa shape index (κ3) is 7.09. The second-order valence-electron chi connectivity index (χ2n) is 6.72. The van der Waals surface area contributed by atoms with Gasteiger partial charge in [-0.3, -0.25) is 9.59 Å². The summed E-state index contributed by atoms with van der Waals surface area (Å²) in [4.78, 5) is 23.9. The smallest absolute Gasteiger partial charge is 0.258 e. The molecule has 0 heterocycles. The van der Waals surface area contributed by atoms with Crippen LogP contribution in [0.5, 0.6) is 11.5 Å². The van der Waals surface area contributed by atoms with Crippen molar-refractivity contribution in [3.63, 3.8) is 0 Å². The van der Waals surface area contributed by atoms with E-state index >= 15 is 0 Å². The van der Waals surface area contributed by atoms with E-state index in [0.717, 1.165) is 12.8 Å². The van der Waals surface area contributed by atoms with Gasteiger partial charge in [0, 0.05) is 17.8 Å². The van der Waals surface area contributed by atoms with E-state index in [1.165, 1.54) is 7.11 Å². The second kappa shape index (κ2) is 10.2. The van der Waals surface area contributed by atoms with E-state index in [0.29, 0.717) is 29.5 Å². The molecule has 1 fully saturated rings. The largest absolute Gasteiger partial charge is 0.493 e. The summed E-state index contributed by atoms with van der Waals surface area (Å²) in [6.07, 6.45) is 2.65. The van der Waals surface area contributed by atoms with E-state index in [4.69, 9.17) is 15.2 Å². The van der Waals surface area contributed by atoms with Crippen LogP contribution in [-0.4, -0.2) is 37.6 Å². The average Bonchev–Trinajstić information content (AvgIpc) is 3.36. The first-order valence-electron chi connectivity index (χ1n) is 8.55. The Hall–Kier alpha value is -1.99. The minimum atomic E-state index is -0.573. The molecule has 1 aromatic carbocycles. The molecule has 1 atom stereocenters. The molecule has 26 heavy (non-hydrogen) atoms. The monoisotopic (exact) mass is 385 g/mol. The molecule has 0 unspecified atom stereocenters. The lowest BCUT2D eigenvalue weighted by molar-refractivity contribution is -0.123. The molecule has 0 spiro atoms. The van der Waals surface area contributed by atoms with E-state index in [9.17, 15) is 9.59 Å². The molecule has 1 aliphatic carbocycles. The van der Waals surface area contributed by atoms with Crippen LogP contribution in [0, 0.1) is 5.92 Å². The predicted octanol–water partition coefficient (Wildman–Crippen LogP) is 2.09. The fourth-order valence-corrected chi connectivity index (χ4v) is 2.36. The number of nitrogens with two attached hydrogens (primary N) is 1. The Morgan fingerprint density at radius 3 is 2.54 bits per heavy atom. The summed E-state index contributed by atoms with van der Waals surface area (Å²) in [5.41, 5.74) is 6.43. The van der Waals surface area contributed by atoms with Crippen molar-refractivity contribution < 1.29 is 19.1 Å². The van der Waals surface area contributed by atoms with Crippen LogP contribution in [0.2, 0.25) is 0 Å². The van der Waals surface area contributed by atoms with Crippen LogP contribution in [0.4, 0.5) is 5.69 Å². The Morgan fingerprint density at radius 1 is 1.27 bits per heavy atom. The third-order valence-electron chi connectivity index (χ3n) is 3.79. The van der Waals surface area contributed by atoms with Crippen LogP contribution in [0.15, 0.2) is 18.2 Å². The number of hydrogen-bond acceptors (Lipinski definition) is 5. The SMILES string of the molecule is COc1ccc(NC(=O)[C@@H](N)CC(C)C)cc1OCC(=O)NC1CC1.Cl. The van der Waals surface area contributed by atoms with Crippen LogP contribution in [-0.2, 0) is 9.59 Å². The molecule has 4 N–H and O–H groups in total. The van der Waals surface area contributed by atoms with Crippen molar-refractivity contribution in [1.29, 1.82) is 0 Å². The van der Waals surface area contributed by atoms with Crippen LogP contribution < -0.4 is 25.8 Å². The van der Waals surface area contributed by atoms with E-state index in [1.54, 1.807) is 18.2 Å². The molecule has 2 amide bonds. The maximum absolute atomic E-state index is 12.1. The fraction of sp³-hybridized carbons (Fsp3) is 0.556. The van der Waals surface area contributed by atoms with Gasteiger partial charge in [0.1, 0.15) is 0 Å². The molecule has 2 rings (SSSR count). The zero-order valence-electron chi connectivity index (χ0n) is 15.4. The number of carbonyl (C=O) groups excluding carboxylic acids is 2. The molecule has 0 aromatic heterocycles. The Morgan fingerprint density at radius 2 is 1.96 bits per heavy atom. The van der Waals surface area contributed by atoms with Gasteiger partial charge < -0.3 is 25.8 Å². The van der Waals surface area contributed by atoms with Gasteiger partial charge in [-0.05, 0) is 37.3 Å². The Bertz CT molecular complexity index is 620. The lowest BCUT2D eigenvalue weighted by Crippen LogP contribution is -2.36. The molecule has 8 heteroatoms. The highest BCUT2D eigenvalue weighted by Gasteiger charge is 2.23. The third-order valence-corrected chi connectivity index (χ3v) is 3.79. The Balaban J connectivity index is 0.00000338. The van der Waals surface area contributed by atoms with E-state index in [-0.39, 0.29) is 36.9 Å². The zero-order valence-corrected chi connectivity index (χ0v) is 16.2. The van der Waals surface area contributed by atoms with Crippen molar-refractivity contribution in [2.75, 3.05) is 19.0 Å². The molecule has 0 saturated heterocycles. The van der Waals surface area contributed by atoms with Crippen molar-refractivity contribution >= 4 is 29.9 Å². The molecular weight excluding hydrogens is 358 g/mol. The molecule has 0 bridgehead atoms. The van der Waals surface area contributed by atoms with Gasteiger partial charge in [0.15, 0.2) is 18.1 Å². The summed E-state index contributed by atoms with van der Waals surface area (Å²) in [6.45, 7) is 3.93. The maximum atomic E-state index is 12.1. The van der Waals surface area contributed by atoms with Gasteiger partial charge in [0.05, 0.1) is 13.2 Å². The lowest BCUT2D eigenvalue weighted by atomic mass is 10.0. The minimum absolute atomic E-state index is 0. The highest BCUT2D eigenvalue weighted by Crippen LogP contribution is 2.30.